The number of carbonyl (C=O) groups is 1. The van der Waals surface area contributed by atoms with Crippen molar-refractivity contribution in [2.45, 2.75) is 51.2 Å². The molecule has 1 amide bonds. The van der Waals surface area contributed by atoms with E-state index >= 15 is 0 Å². The molecule has 1 aromatic heterocycles. The van der Waals surface area contributed by atoms with E-state index in [1.807, 2.05) is 24.3 Å². The Labute approximate surface area is 246 Å². The summed E-state index contributed by atoms with van der Waals surface area (Å²) in [5, 5.41) is 28.7. The summed E-state index contributed by atoms with van der Waals surface area (Å²) in [6, 6.07) is 26.4. The largest absolute Gasteiger partial charge is 0.508 e. The highest BCUT2D eigenvalue weighted by Crippen LogP contribution is 2.31. The number of hydrogen-bond donors (Lipinski definition) is 3. The van der Waals surface area contributed by atoms with Gasteiger partial charge in [-0.15, -0.1) is 5.10 Å². The predicted octanol–water partition coefficient (Wildman–Crippen LogP) is 4.19. The van der Waals surface area contributed by atoms with Gasteiger partial charge in [0.1, 0.15) is 5.75 Å². The molecule has 0 spiro atoms. The Morgan fingerprint density at radius 2 is 1.67 bits per heavy atom. The van der Waals surface area contributed by atoms with Gasteiger partial charge in [0.2, 0.25) is 5.90 Å². The van der Waals surface area contributed by atoms with Gasteiger partial charge in [-0.05, 0) is 74.7 Å². The lowest BCUT2D eigenvalue weighted by Crippen LogP contribution is -2.46. The first-order chi connectivity index (χ1) is 20.3. The first-order valence-corrected chi connectivity index (χ1v) is 14.2. The van der Waals surface area contributed by atoms with Crippen LogP contribution in [0.4, 0.5) is 5.82 Å². The Kier molecular flexibility index (Phi) is 8.78. The molecule has 4 aromatic rings. The Bertz CT molecular complexity index is 1560. The van der Waals surface area contributed by atoms with Crippen LogP contribution in [-0.2, 0) is 11.3 Å². The molecule has 1 aliphatic rings. The number of nitrogens with two attached hydrogens (primary N) is 1. The zero-order valence-electron chi connectivity index (χ0n) is 24.0. The molecule has 42 heavy (non-hydrogen) atoms. The molecule has 1 aliphatic carbocycles. The molecule has 9 nitrogen and oxygen atoms in total. The van der Waals surface area contributed by atoms with Crippen molar-refractivity contribution >= 4 is 23.5 Å². The van der Waals surface area contributed by atoms with Gasteiger partial charge in [0.15, 0.2) is 5.82 Å². The average molecular weight is 566 g/mol. The minimum atomic E-state index is -0.199. The first kappa shape index (κ1) is 28.8. The fourth-order valence-electron chi connectivity index (χ4n) is 5.59. The average Bonchev–Trinajstić information content (AvgIpc) is 3.47. The molecule has 0 bridgehead atoms. The Morgan fingerprint density at radius 3 is 2.38 bits per heavy atom. The van der Waals surface area contributed by atoms with E-state index in [4.69, 9.17) is 20.7 Å². The number of ether oxygens (including phenoxy) is 1. The minimum absolute atomic E-state index is 0.0412. The quantitative estimate of drug-likeness (QED) is 0.219. The SMILES string of the molecule is CC(=[NH2+])OC(=N)c1cccc(-n2ccc(N(C(=O)c3cccc(O)c3)C3CCC(N(C)Cc4ccccc4)CC3)n2)c1. The maximum absolute atomic E-state index is 13.9. The number of carbonyl (C=O) groups excluding carboxylic acids is 1. The lowest BCUT2D eigenvalue weighted by molar-refractivity contribution is -0.133. The molecule has 4 N–H and O–H groups in total. The van der Waals surface area contributed by atoms with Crippen LogP contribution >= 0.6 is 0 Å². The molecule has 0 radical (unpaired) electrons. The molecule has 3 aromatic carbocycles. The van der Waals surface area contributed by atoms with Crippen molar-refractivity contribution in [1.29, 1.82) is 5.41 Å². The van der Waals surface area contributed by atoms with Crippen LogP contribution in [0.5, 0.6) is 5.75 Å². The van der Waals surface area contributed by atoms with Gasteiger partial charge in [-0.1, -0.05) is 42.5 Å². The molecular weight excluding hydrogens is 528 g/mol. The Morgan fingerprint density at radius 1 is 0.976 bits per heavy atom. The van der Waals surface area contributed by atoms with E-state index in [0.717, 1.165) is 37.9 Å². The van der Waals surface area contributed by atoms with Gasteiger partial charge in [0.25, 0.3) is 5.91 Å². The van der Waals surface area contributed by atoms with Crippen molar-refractivity contribution in [2.75, 3.05) is 11.9 Å². The smallest absolute Gasteiger partial charge is 0.336 e. The molecule has 216 valence electrons. The topological polar surface area (TPSA) is 120 Å². The van der Waals surface area contributed by atoms with E-state index in [1.165, 1.54) is 11.6 Å². The molecule has 1 heterocycles. The van der Waals surface area contributed by atoms with Crippen molar-refractivity contribution in [3.8, 4) is 11.4 Å². The second kappa shape index (κ2) is 12.8. The van der Waals surface area contributed by atoms with Gasteiger partial charge in [0, 0.05) is 42.0 Å². The van der Waals surface area contributed by atoms with Gasteiger partial charge in [-0.25, -0.2) is 10.1 Å². The van der Waals surface area contributed by atoms with E-state index in [1.54, 1.807) is 53.0 Å². The number of phenolic OH excluding ortho intramolecular Hbond substituents is 1. The van der Waals surface area contributed by atoms with Crippen LogP contribution in [-0.4, -0.2) is 56.6 Å². The lowest BCUT2D eigenvalue weighted by Gasteiger charge is -2.39. The monoisotopic (exact) mass is 565 g/mol. The van der Waals surface area contributed by atoms with Gasteiger partial charge >= 0.3 is 5.90 Å². The molecule has 0 saturated heterocycles. The minimum Gasteiger partial charge on any atom is -0.508 e. The number of anilines is 1. The number of nitrogens with one attached hydrogen (secondary N) is 1. The third-order valence-electron chi connectivity index (χ3n) is 7.70. The summed E-state index contributed by atoms with van der Waals surface area (Å²) in [6.07, 6.45) is 5.39. The van der Waals surface area contributed by atoms with Gasteiger partial charge in [-0.3, -0.25) is 20.0 Å². The molecule has 1 saturated carbocycles. The predicted molar refractivity (Wildman–Crippen MR) is 163 cm³/mol. The third-order valence-corrected chi connectivity index (χ3v) is 7.70. The van der Waals surface area contributed by atoms with Crippen LogP contribution in [0, 0.1) is 5.41 Å². The van der Waals surface area contributed by atoms with Crippen LogP contribution < -0.4 is 10.3 Å². The number of nitrogens with zero attached hydrogens (tertiary/aromatic N) is 4. The van der Waals surface area contributed by atoms with E-state index in [-0.39, 0.29) is 29.5 Å². The van der Waals surface area contributed by atoms with Gasteiger partial charge in [-0.2, -0.15) is 0 Å². The molecule has 0 unspecified atom stereocenters. The zero-order valence-corrected chi connectivity index (χ0v) is 24.0. The van der Waals surface area contributed by atoms with E-state index < -0.39 is 0 Å². The maximum Gasteiger partial charge on any atom is 0.336 e. The molecule has 5 rings (SSSR count). The van der Waals surface area contributed by atoms with Crippen LogP contribution in [0.3, 0.4) is 0 Å². The summed E-state index contributed by atoms with van der Waals surface area (Å²) in [5.41, 5.74) is 2.97. The number of phenols is 1. The third kappa shape index (κ3) is 6.75. The normalized spacial score (nSPS) is 16.6. The highest BCUT2D eigenvalue weighted by molar-refractivity contribution is 6.06. The summed E-state index contributed by atoms with van der Waals surface area (Å²) in [5.74, 6) is 0.513. The Hall–Kier alpha value is -4.76. The standard InChI is InChI=1S/C33H36N6O3/c1-23(34)42-32(35)25-10-6-12-29(20-25)38-19-18-31(36-38)39(33(41)26-11-7-13-30(40)21-26)28-16-14-27(15-17-28)37(2)22-24-8-4-3-5-9-24/h3-13,18-21,27-28,34-35,40H,14-17,22H2,1-2H3/p+1. The molecule has 1 fully saturated rings. The number of rotatable bonds is 8. The molecule has 0 aliphatic heterocycles. The first-order valence-electron chi connectivity index (χ1n) is 14.2. The summed E-state index contributed by atoms with van der Waals surface area (Å²) < 4.78 is 6.96. The zero-order chi connectivity index (χ0) is 29.6. The highest BCUT2D eigenvalue weighted by Gasteiger charge is 2.33. The summed E-state index contributed by atoms with van der Waals surface area (Å²) in [7, 11) is 2.17. The maximum atomic E-state index is 13.9. The molecular formula is C33H37N6O3+. The van der Waals surface area contributed by atoms with Crippen LogP contribution in [0.1, 0.15) is 54.1 Å². The molecule has 9 heteroatoms. The van der Waals surface area contributed by atoms with Crippen molar-refractivity contribution in [2.24, 2.45) is 0 Å². The fraction of sp³-hybridized carbons (Fsp3) is 0.273. The van der Waals surface area contributed by atoms with Crippen molar-refractivity contribution < 1.29 is 20.0 Å². The highest BCUT2D eigenvalue weighted by atomic mass is 16.5. The number of hydrogen-bond acceptors (Lipinski definition) is 6. The van der Waals surface area contributed by atoms with Gasteiger partial charge < -0.3 is 9.84 Å². The van der Waals surface area contributed by atoms with Crippen LogP contribution in [0.25, 0.3) is 5.69 Å². The summed E-state index contributed by atoms with van der Waals surface area (Å²) in [6.45, 7) is 2.47. The lowest BCUT2D eigenvalue weighted by atomic mass is 9.88. The van der Waals surface area contributed by atoms with Crippen molar-refractivity contribution in [1.82, 2.24) is 14.7 Å². The second-order valence-electron chi connectivity index (χ2n) is 10.8. The van der Waals surface area contributed by atoms with Crippen LogP contribution in [0.2, 0.25) is 0 Å². The molecule has 0 atom stereocenters. The Balaban J connectivity index is 1.38. The summed E-state index contributed by atoms with van der Waals surface area (Å²) >= 11 is 0. The van der Waals surface area contributed by atoms with E-state index in [2.05, 4.69) is 36.2 Å². The van der Waals surface area contributed by atoms with Crippen LogP contribution in [0.15, 0.2) is 91.1 Å². The second-order valence-corrected chi connectivity index (χ2v) is 10.8. The van der Waals surface area contributed by atoms with Gasteiger partial charge in [0.05, 0.1) is 12.6 Å². The summed E-state index contributed by atoms with van der Waals surface area (Å²) in [4.78, 5) is 18.1. The van der Waals surface area contributed by atoms with Crippen molar-refractivity contribution in [3.05, 3.63) is 108 Å². The fourth-order valence-corrected chi connectivity index (χ4v) is 5.59. The number of aromatic nitrogens is 2. The number of aromatic hydroxyl groups is 1. The van der Waals surface area contributed by atoms with E-state index in [0.29, 0.717) is 23.0 Å². The number of benzene rings is 3. The van der Waals surface area contributed by atoms with Crippen molar-refractivity contribution in [3.63, 3.8) is 0 Å². The van der Waals surface area contributed by atoms with E-state index in [9.17, 15) is 9.90 Å². The number of amides is 1.